The SMILES string of the molecule is CCSCc1ccc(OC)c(N)c1. The van der Waals surface area contributed by atoms with Crippen LogP contribution in [0, 0.1) is 0 Å². The Bertz CT molecular complexity index is 276. The molecule has 0 atom stereocenters. The second-order valence-corrected chi connectivity index (χ2v) is 3.99. The lowest BCUT2D eigenvalue weighted by Crippen LogP contribution is -1.93. The van der Waals surface area contributed by atoms with E-state index in [9.17, 15) is 0 Å². The number of nitrogens with two attached hydrogens (primary N) is 1. The van der Waals surface area contributed by atoms with Crippen LogP contribution in [0.2, 0.25) is 0 Å². The summed E-state index contributed by atoms with van der Waals surface area (Å²) in [4.78, 5) is 0. The predicted molar refractivity (Wildman–Crippen MR) is 59.2 cm³/mol. The summed E-state index contributed by atoms with van der Waals surface area (Å²) in [7, 11) is 1.63. The third-order valence-corrected chi connectivity index (χ3v) is 2.71. The minimum Gasteiger partial charge on any atom is -0.495 e. The number of hydrogen-bond acceptors (Lipinski definition) is 3. The minimum atomic E-state index is 0.719. The average molecular weight is 197 g/mol. The number of methoxy groups -OCH3 is 1. The van der Waals surface area contributed by atoms with Crippen LogP contribution in [0.4, 0.5) is 5.69 Å². The van der Waals surface area contributed by atoms with E-state index < -0.39 is 0 Å². The average Bonchev–Trinajstić information content (AvgIpc) is 2.15. The third-order valence-electron chi connectivity index (χ3n) is 1.77. The molecular weight excluding hydrogens is 182 g/mol. The van der Waals surface area contributed by atoms with Crippen LogP contribution in [0.3, 0.4) is 0 Å². The van der Waals surface area contributed by atoms with Gasteiger partial charge >= 0.3 is 0 Å². The largest absolute Gasteiger partial charge is 0.495 e. The summed E-state index contributed by atoms with van der Waals surface area (Å²) >= 11 is 1.89. The molecule has 1 rings (SSSR count). The van der Waals surface area contributed by atoms with Crippen molar-refractivity contribution in [1.29, 1.82) is 0 Å². The van der Waals surface area contributed by atoms with Crippen molar-refractivity contribution in [2.24, 2.45) is 0 Å². The summed E-state index contributed by atoms with van der Waals surface area (Å²) in [6.07, 6.45) is 0. The first-order chi connectivity index (χ1) is 6.27. The zero-order valence-electron chi connectivity index (χ0n) is 8.04. The molecule has 0 unspecified atom stereocenters. The molecule has 0 aromatic heterocycles. The molecule has 0 amide bonds. The standard InChI is InChI=1S/C10H15NOS/c1-3-13-7-8-4-5-10(12-2)9(11)6-8/h4-6H,3,7,11H2,1-2H3. The molecule has 3 heteroatoms. The number of ether oxygens (including phenoxy) is 1. The van der Waals surface area contributed by atoms with Gasteiger partial charge in [0.1, 0.15) is 5.75 Å². The quantitative estimate of drug-likeness (QED) is 0.753. The topological polar surface area (TPSA) is 35.2 Å². The Morgan fingerprint density at radius 1 is 1.46 bits per heavy atom. The summed E-state index contributed by atoms with van der Waals surface area (Å²) in [6, 6.07) is 5.94. The van der Waals surface area contributed by atoms with Crippen molar-refractivity contribution in [2.45, 2.75) is 12.7 Å². The summed E-state index contributed by atoms with van der Waals surface area (Å²) < 4.78 is 5.07. The highest BCUT2D eigenvalue weighted by Gasteiger charge is 1.99. The first-order valence-electron chi connectivity index (χ1n) is 4.28. The van der Waals surface area contributed by atoms with Crippen molar-refractivity contribution in [2.75, 3.05) is 18.6 Å². The number of anilines is 1. The second-order valence-electron chi connectivity index (χ2n) is 2.71. The molecule has 72 valence electrons. The first-order valence-corrected chi connectivity index (χ1v) is 5.43. The Kier molecular flexibility index (Phi) is 3.96. The van der Waals surface area contributed by atoms with Crippen LogP contribution in [0.1, 0.15) is 12.5 Å². The molecule has 0 radical (unpaired) electrons. The fourth-order valence-corrected chi connectivity index (χ4v) is 1.71. The van der Waals surface area contributed by atoms with Crippen molar-refractivity contribution in [1.82, 2.24) is 0 Å². The van der Waals surface area contributed by atoms with E-state index >= 15 is 0 Å². The maximum atomic E-state index is 5.77. The van der Waals surface area contributed by atoms with E-state index in [0.29, 0.717) is 0 Å². The maximum Gasteiger partial charge on any atom is 0.141 e. The number of benzene rings is 1. The zero-order chi connectivity index (χ0) is 9.68. The summed E-state index contributed by atoms with van der Waals surface area (Å²) in [6.45, 7) is 2.15. The molecule has 0 fully saturated rings. The van der Waals surface area contributed by atoms with Crippen LogP contribution < -0.4 is 10.5 Å². The van der Waals surface area contributed by atoms with E-state index in [4.69, 9.17) is 10.5 Å². The van der Waals surface area contributed by atoms with E-state index in [-0.39, 0.29) is 0 Å². The molecule has 1 aromatic rings. The minimum absolute atomic E-state index is 0.719. The van der Waals surface area contributed by atoms with Gasteiger partial charge in [-0.15, -0.1) is 0 Å². The van der Waals surface area contributed by atoms with Crippen LogP contribution >= 0.6 is 11.8 Å². The van der Waals surface area contributed by atoms with E-state index in [1.807, 2.05) is 23.9 Å². The Hall–Kier alpha value is -0.830. The number of hydrogen-bond donors (Lipinski definition) is 1. The summed E-state index contributed by atoms with van der Waals surface area (Å²) in [5, 5.41) is 0. The number of thioether (sulfide) groups is 1. The van der Waals surface area contributed by atoms with Crippen LogP contribution in [-0.4, -0.2) is 12.9 Å². The van der Waals surface area contributed by atoms with Gasteiger partial charge in [0.15, 0.2) is 0 Å². The van der Waals surface area contributed by atoms with Gasteiger partial charge in [0, 0.05) is 5.75 Å². The molecule has 0 saturated heterocycles. The Morgan fingerprint density at radius 3 is 2.77 bits per heavy atom. The van der Waals surface area contributed by atoms with Gasteiger partial charge in [-0.3, -0.25) is 0 Å². The van der Waals surface area contributed by atoms with Crippen molar-refractivity contribution in [3.05, 3.63) is 23.8 Å². The lowest BCUT2D eigenvalue weighted by atomic mass is 10.2. The highest BCUT2D eigenvalue weighted by Crippen LogP contribution is 2.23. The Balaban J connectivity index is 2.71. The predicted octanol–water partition coefficient (Wildman–Crippen LogP) is 2.53. The van der Waals surface area contributed by atoms with Crippen molar-refractivity contribution < 1.29 is 4.74 Å². The molecule has 2 N–H and O–H groups in total. The molecule has 0 saturated carbocycles. The molecule has 0 heterocycles. The fraction of sp³-hybridized carbons (Fsp3) is 0.400. The van der Waals surface area contributed by atoms with Gasteiger partial charge < -0.3 is 10.5 Å². The molecule has 1 aromatic carbocycles. The normalized spacial score (nSPS) is 10.0. The van der Waals surface area contributed by atoms with Crippen LogP contribution in [-0.2, 0) is 5.75 Å². The summed E-state index contributed by atoms with van der Waals surface area (Å²) in [5.74, 6) is 2.90. The van der Waals surface area contributed by atoms with Crippen molar-refractivity contribution in [3.63, 3.8) is 0 Å². The van der Waals surface area contributed by atoms with Gasteiger partial charge in [-0.25, -0.2) is 0 Å². The maximum absolute atomic E-state index is 5.77. The molecule has 2 nitrogen and oxygen atoms in total. The highest BCUT2D eigenvalue weighted by molar-refractivity contribution is 7.98. The lowest BCUT2D eigenvalue weighted by Gasteiger charge is -2.06. The molecule has 0 aliphatic rings. The van der Waals surface area contributed by atoms with Gasteiger partial charge in [0.25, 0.3) is 0 Å². The zero-order valence-corrected chi connectivity index (χ0v) is 8.86. The third kappa shape index (κ3) is 2.84. The fourth-order valence-electron chi connectivity index (χ4n) is 1.09. The van der Waals surface area contributed by atoms with E-state index in [1.165, 1.54) is 5.56 Å². The van der Waals surface area contributed by atoms with Gasteiger partial charge in [0.2, 0.25) is 0 Å². The van der Waals surface area contributed by atoms with E-state index in [2.05, 4.69) is 13.0 Å². The second kappa shape index (κ2) is 5.02. The smallest absolute Gasteiger partial charge is 0.141 e. The van der Waals surface area contributed by atoms with Crippen LogP contribution in [0.15, 0.2) is 18.2 Å². The Labute approximate surface area is 83.5 Å². The Morgan fingerprint density at radius 2 is 2.23 bits per heavy atom. The molecule has 0 bridgehead atoms. The molecular formula is C10H15NOS. The highest BCUT2D eigenvalue weighted by atomic mass is 32.2. The molecule has 0 aliphatic heterocycles. The molecule has 0 spiro atoms. The van der Waals surface area contributed by atoms with Crippen LogP contribution in [0.5, 0.6) is 5.75 Å². The molecule has 13 heavy (non-hydrogen) atoms. The summed E-state index contributed by atoms with van der Waals surface area (Å²) in [5.41, 5.74) is 7.74. The van der Waals surface area contributed by atoms with Gasteiger partial charge in [0.05, 0.1) is 12.8 Å². The van der Waals surface area contributed by atoms with Crippen molar-refractivity contribution >= 4 is 17.4 Å². The number of rotatable bonds is 4. The monoisotopic (exact) mass is 197 g/mol. The number of nitrogen functional groups attached to an aromatic ring is 1. The first kappa shape index (κ1) is 10.3. The van der Waals surface area contributed by atoms with E-state index in [1.54, 1.807) is 7.11 Å². The van der Waals surface area contributed by atoms with Gasteiger partial charge in [-0.1, -0.05) is 13.0 Å². The van der Waals surface area contributed by atoms with Crippen LogP contribution in [0.25, 0.3) is 0 Å². The lowest BCUT2D eigenvalue weighted by molar-refractivity contribution is 0.417. The van der Waals surface area contributed by atoms with E-state index in [0.717, 1.165) is 22.9 Å². The van der Waals surface area contributed by atoms with Gasteiger partial charge in [-0.2, -0.15) is 11.8 Å². The van der Waals surface area contributed by atoms with Crippen molar-refractivity contribution in [3.8, 4) is 5.75 Å². The van der Waals surface area contributed by atoms with Gasteiger partial charge in [-0.05, 0) is 23.4 Å². The molecule has 0 aliphatic carbocycles.